The molecule has 3 atom stereocenters. The SMILES string of the molecule is COc1cc2c(cc1OC(F)F)C1CC(OC(C)=O)CCC1N=C2c1ccc(C(=O)N2CCCC2)cc1. The molecule has 5 rings (SSSR count). The molecule has 2 heterocycles. The van der Waals surface area contributed by atoms with Crippen molar-refractivity contribution in [3.63, 3.8) is 0 Å². The van der Waals surface area contributed by atoms with Crippen molar-refractivity contribution < 1.29 is 32.6 Å². The number of likely N-dealkylation sites (tertiary alicyclic amines) is 1. The van der Waals surface area contributed by atoms with Crippen LogP contribution >= 0.6 is 0 Å². The smallest absolute Gasteiger partial charge is 0.387 e. The number of hydrogen-bond donors (Lipinski definition) is 0. The maximum atomic E-state index is 13.2. The van der Waals surface area contributed by atoms with Crippen molar-refractivity contribution in [3.8, 4) is 11.5 Å². The molecule has 3 aliphatic rings. The normalized spacial score (nSPS) is 22.7. The van der Waals surface area contributed by atoms with E-state index >= 15 is 0 Å². The second-order valence-electron chi connectivity index (χ2n) is 9.74. The Hall–Kier alpha value is -3.49. The first-order chi connectivity index (χ1) is 17.8. The Kier molecular flexibility index (Phi) is 7.13. The molecule has 0 N–H and O–H groups in total. The van der Waals surface area contributed by atoms with Gasteiger partial charge in [0.05, 0.1) is 18.9 Å². The van der Waals surface area contributed by atoms with E-state index in [1.165, 1.54) is 14.0 Å². The number of methoxy groups -OCH3 is 1. The zero-order chi connectivity index (χ0) is 26.1. The molecule has 9 heteroatoms. The van der Waals surface area contributed by atoms with Crippen LogP contribution in [0.4, 0.5) is 8.78 Å². The van der Waals surface area contributed by atoms with Crippen molar-refractivity contribution in [3.05, 3.63) is 58.7 Å². The fourth-order valence-corrected chi connectivity index (χ4v) is 5.72. The molecule has 1 saturated carbocycles. The van der Waals surface area contributed by atoms with Gasteiger partial charge >= 0.3 is 12.6 Å². The van der Waals surface area contributed by atoms with E-state index in [1.54, 1.807) is 12.1 Å². The lowest BCUT2D eigenvalue weighted by molar-refractivity contribution is -0.148. The van der Waals surface area contributed by atoms with E-state index in [0.717, 1.165) is 42.6 Å². The number of carbonyl (C=O) groups excluding carboxylic acids is 2. The van der Waals surface area contributed by atoms with Gasteiger partial charge in [0.2, 0.25) is 0 Å². The summed E-state index contributed by atoms with van der Waals surface area (Å²) in [6.45, 7) is -0.0587. The Balaban J connectivity index is 1.53. The summed E-state index contributed by atoms with van der Waals surface area (Å²) in [5.41, 5.74) is 3.72. The number of hydrogen-bond acceptors (Lipinski definition) is 6. The number of esters is 1. The summed E-state index contributed by atoms with van der Waals surface area (Å²) in [6.07, 6.45) is 3.69. The third-order valence-electron chi connectivity index (χ3n) is 7.40. The molecule has 0 spiro atoms. The van der Waals surface area contributed by atoms with Gasteiger partial charge in [-0.1, -0.05) is 12.1 Å². The van der Waals surface area contributed by atoms with Crippen LogP contribution < -0.4 is 9.47 Å². The summed E-state index contributed by atoms with van der Waals surface area (Å²) in [5.74, 6) is -0.312. The third-order valence-corrected chi connectivity index (χ3v) is 7.40. The van der Waals surface area contributed by atoms with Crippen molar-refractivity contribution in [2.75, 3.05) is 20.2 Å². The Labute approximate surface area is 214 Å². The molecule has 0 aromatic heterocycles. The second kappa shape index (κ2) is 10.5. The molecule has 2 aromatic rings. The van der Waals surface area contributed by atoms with Crippen LogP contribution in [0.2, 0.25) is 0 Å². The van der Waals surface area contributed by atoms with Crippen LogP contribution in [0.5, 0.6) is 11.5 Å². The van der Waals surface area contributed by atoms with Gasteiger partial charge in [-0.25, -0.2) is 0 Å². The fourth-order valence-electron chi connectivity index (χ4n) is 5.72. The molecule has 196 valence electrons. The summed E-state index contributed by atoms with van der Waals surface area (Å²) < 4.78 is 42.0. The number of amides is 1. The number of fused-ring (bicyclic) bond motifs is 3. The van der Waals surface area contributed by atoms with E-state index in [0.29, 0.717) is 30.5 Å². The summed E-state index contributed by atoms with van der Waals surface area (Å²) in [4.78, 5) is 31.3. The summed E-state index contributed by atoms with van der Waals surface area (Å²) in [6, 6.07) is 10.6. The van der Waals surface area contributed by atoms with Crippen LogP contribution in [-0.2, 0) is 9.53 Å². The van der Waals surface area contributed by atoms with Gasteiger partial charge in [-0.2, -0.15) is 8.78 Å². The number of aliphatic imine (C=N–C) groups is 1. The number of rotatable bonds is 6. The zero-order valence-electron chi connectivity index (χ0n) is 20.9. The maximum Gasteiger partial charge on any atom is 0.387 e. The number of carbonyl (C=O) groups is 2. The van der Waals surface area contributed by atoms with Crippen LogP contribution in [0.15, 0.2) is 41.4 Å². The van der Waals surface area contributed by atoms with Gasteiger partial charge in [0.15, 0.2) is 11.5 Å². The predicted molar refractivity (Wildman–Crippen MR) is 133 cm³/mol. The van der Waals surface area contributed by atoms with E-state index in [1.807, 2.05) is 29.2 Å². The lowest BCUT2D eigenvalue weighted by Crippen LogP contribution is -2.36. The van der Waals surface area contributed by atoms with Crippen molar-refractivity contribution in [1.82, 2.24) is 4.90 Å². The number of benzene rings is 2. The first kappa shape index (κ1) is 25.2. The van der Waals surface area contributed by atoms with Crippen molar-refractivity contribution in [2.24, 2.45) is 4.99 Å². The maximum absolute atomic E-state index is 13.2. The van der Waals surface area contributed by atoms with Gasteiger partial charge in [0.1, 0.15) is 6.10 Å². The van der Waals surface area contributed by atoms with Crippen LogP contribution in [0.25, 0.3) is 0 Å². The molecule has 3 unspecified atom stereocenters. The highest BCUT2D eigenvalue weighted by Gasteiger charge is 2.39. The lowest BCUT2D eigenvalue weighted by atomic mass is 9.74. The van der Waals surface area contributed by atoms with Gasteiger partial charge in [0.25, 0.3) is 5.91 Å². The average Bonchev–Trinajstić information content (AvgIpc) is 3.42. The van der Waals surface area contributed by atoms with Gasteiger partial charge in [-0.3, -0.25) is 14.6 Å². The highest BCUT2D eigenvalue weighted by molar-refractivity contribution is 6.15. The molecule has 2 aliphatic heterocycles. The van der Waals surface area contributed by atoms with Crippen molar-refractivity contribution in [1.29, 1.82) is 0 Å². The standard InChI is InChI=1S/C28H30F2N2O5/c1-16(33)36-19-9-10-23-21(13-19)20-14-25(37-28(29)30)24(35-2)15-22(20)26(31-23)17-5-7-18(8-6-17)27(34)32-11-3-4-12-32/h5-8,14-15,19,21,23,28H,3-4,9-13H2,1-2H3. The summed E-state index contributed by atoms with van der Waals surface area (Å²) >= 11 is 0. The topological polar surface area (TPSA) is 77.4 Å². The van der Waals surface area contributed by atoms with Crippen molar-refractivity contribution >= 4 is 17.6 Å². The fraction of sp³-hybridized carbons (Fsp3) is 0.464. The molecule has 0 bridgehead atoms. The molecule has 1 aliphatic carbocycles. The number of halogens is 2. The third kappa shape index (κ3) is 5.17. The van der Waals surface area contributed by atoms with E-state index in [4.69, 9.17) is 19.2 Å². The van der Waals surface area contributed by atoms with Gasteiger partial charge in [-0.15, -0.1) is 0 Å². The first-order valence-corrected chi connectivity index (χ1v) is 12.7. The van der Waals surface area contributed by atoms with E-state index < -0.39 is 6.61 Å². The Morgan fingerprint density at radius 1 is 1.05 bits per heavy atom. The predicted octanol–water partition coefficient (Wildman–Crippen LogP) is 4.95. The van der Waals surface area contributed by atoms with Crippen LogP contribution in [0.3, 0.4) is 0 Å². The summed E-state index contributed by atoms with van der Waals surface area (Å²) in [5, 5.41) is 0. The molecular formula is C28H30F2N2O5. The number of nitrogens with zero attached hydrogens (tertiary/aromatic N) is 2. The Morgan fingerprint density at radius 3 is 2.43 bits per heavy atom. The number of ether oxygens (including phenoxy) is 3. The van der Waals surface area contributed by atoms with E-state index in [2.05, 4.69) is 0 Å². The lowest BCUT2D eigenvalue weighted by Gasteiger charge is -2.38. The second-order valence-corrected chi connectivity index (χ2v) is 9.74. The monoisotopic (exact) mass is 512 g/mol. The molecule has 2 aromatic carbocycles. The van der Waals surface area contributed by atoms with Crippen LogP contribution in [0, 0.1) is 0 Å². The molecule has 0 radical (unpaired) electrons. The highest BCUT2D eigenvalue weighted by atomic mass is 19.3. The average molecular weight is 513 g/mol. The van der Waals surface area contributed by atoms with Crippen LogP contribution in [0.1, 0.15) is 72.0 Å². The quantitative estimate of drug-likeness (QED) is 0.512. The van der Waals surface area contributed by atoms with Crippen LogP contribution in [-0.4, -0.2) is 61.4 Å². The van der Waals surface area contributed by atoms with E-state index in [9.17, 15) is 18.4 Å². The first-order valence-electron chi connectivity index (χ1n) is 12.7. The molecule has 1 saturated heterocycles. The Bertz CT molecular complexity index is 1210. The number of alkyl halides is 2. The summed E-state index contributed by atoms with van der Waals surface area (Å²) in [7, 11) is 1.40. The van der Waals surface area contributed by atoms with Gasteiger partial charge in [0, 0.05) is 42.6 Å². The highest BCUT2D eigenvalue weighted by Crippen LogP contribution is 2.45. The molecule has 7 nitrogen and oxygen atoms in total. The molecule has 1 amide bonds. The minimum absolute atomic E-state index is 0.0225. The molecular weight excluding hydrogens is 482 g/mol. The van der Waals surface area contributed by atoms with E-state index in [-0.39, 0.29) is 41.4 Å². The van der Waals surface area contributed by atoms with Gasteiger partial charge < -0.3 is 19.1 Å². The molecule has 37 heavy (non-hydrogen) atoms. The zero-order valence-corrected chi connectivity index (χ0v) is 20.9. The Morgan fingerprint density at radius 2 is 1.78 bits per heavy atom. The van der Waals surface area contributed by atoms with Gasteiger partial charge in [-0.05, 0) is 61.9 Å². The molecule has 2 fully saturated rings. The minimum atomic E-state index is -3.00. The van der Waals surface area contributed by atoms with Crippen molar-refractivity contribution in [2.45, 2.75) is 63.7 Å². The minimum Gasteiger partial charge on any atom is -0.493 e. The largest absolute Gasteiger partial charge is 0.493 e.